The molecule has 0 saturated heterocycles. The van der Waals surface area contributed by atoms with Crippen molar-refractivity contribution in [1.29, 1.82) is 5.26 Å². The summed E-state index contributed by atoms with van der Waals surface area (Å²) in [5.74, 6) is -2.82. The van der Waals surface area contributed by atoms with Crippen LogP contribution in [0.1, 0.15) is 32.8 Å². The van der Waals surface area contributed by atoms with Gasteiger partial charge in [-0.05, 0) is 49.1 Å². The molecule has 0 bridgehead atoms. The first-order chi connectivity index (χ1) is 11.1. The molecule has 1 heterocycles. The summed E-state index contributed by atoms with van der Waals surface area (Å²) in [6, 6.07) is 8.17. The fourth-order valence-corrected chi connectivity index (χ4v) is 4.31. The minimum absolute atomic E-state index is 0.338. The normalized spacial score (nSPS) is 13.0. The Labute approximate surface area is 140 Å². The van der Waals surface area contributed by atoms with Crippen LogP contribution in [0.5, 0.6) is 0 Å². The topological polar surface area (TPSA) is 52.9 Å². The van der Waals surface area contributed by atoms with Gasteiger partial charge in [0.2, 0.25) is 0 Å². The molecule has 0 fully saturated rings. The van der Waals surface area contributed by atoms with Gasteiger partial charge in [0.05, 0.1) is 5.56 Å². The van der Waals surface area contributed by atoms with Crippen molar-refractivity contribution >= 4 is 34.0 Å². The Bertz CT molecular complexity index is 779. The SMILES string of the molecule is N#Cc1c(NC(=O)c2ccc(SC(F)F)cc2)sc2c1CCC2. The van der Waals surface area contributed by atoms with E-state index in [0.29, 0.717) is 32.8 Å². The molecule has 23 heavy (non-hydrogen) atoms. The van der Waals surface area contributed by atoms with Crippen LogP contribution in [0.4, 0.5) is 13.8 Å². The van der Waals surface area contributed by atoms with Crippen molar-refractivity contribution in [2.24, 2.45) is 0 Å². The van der Waals surface area contributed by atoms with Crippen molar-refractivity contribution < 1.29 is 13.6 Å². The number of nitrogens with one attached hydrogen (secondary N) is 1. The molecule has 1 aliphatic rings. The lowest BCUT2D eigenvalue weighted by Crippen LogP contribution is -2.11. The number of fused-ring (bicyclic) bond motifs is 1. The van der Waals surface area contributed by atoms with Crippen molar-refractivity contribution in [2.45, 2.75) is 29.9 Å². The van der Waals surface area contributed by atoms with Crippen molar-refractivity contribution in [3.05, 3.63) is 45.8 Å². The molecule has 118 valence electrons. The van der Waals surface area contributed by atoms with E-state index in [4.69, 9.17) is 0 Å². The van der Waals surface area contributed by atoms with Crippen LogP contribution in [0, 0.1) is 11.3 Å². The van der Waals surface area contributed by atoms with Crippen LogP contribution in [-0.2, 0) is 12.8 Å². The molecule has 0 atom stereocenters. The number of alkyl halides is 2. The lowest BCUT2D eigenvalue weighted by Gasteiger charge is -2.05. The molecule has 1 amide bonds. The third-order valence-corrected chi connectivity index (χ3v) is 5.53. The number of hydrogen-bond donors (Lipinski definition) is 1. The van der Waals surface area contributed by atoms with Gasteiger partial charge in [0, 0.05) is 15.3 Å². The number of nitrogens with zero attached hydrogens (tertiary/aromatic N) is 1. The number of nitriles is 1. The number of thioether (sulfide) groups is 1. The standard InChI is InChI=1S/C16H12F2N2OS2/c17-16(18)22-10-6-4-9(5-7-10)14(21)20-15-12(8-19)11-2-1-3-13(11)23-15/h4-7,16H,1-3H2,(H,20,21). The molecule has 0 aliphatic heterocycles. The highest BCUT2D eigenvalue weighted by Gasteiger charge is 2.23. The van der Waals surface area contributed by atoms with Crippen molar-refractivity contribution in [2.75, 3.05) is 5.32 Å². The lowest BCUT2D eigenvalue weighted by atomic mass is 10.1. The van der Waals surface area contributed by atoms with E-state index in [1.807, 2.05) is 0 Å². The summed E-state index contributed by atoms with van der Waals surface area (Å²) in [5, 5.41) is 12.7. The average molecular weight is 350 g/mol. The fourth-order valence-electron chi connectivity index (χ4n) is 2.57. The van der Waals surface area contributed by atoms with Gasteiger partial charge >= 0.3 is 0 Å². The Morgan fingerprint density at radius 1 is 1.30 bits per heavy atom. The molecule has 1 N–H and O–H groups in total. The molecular weight excluding hydrogens is 338 g/mol. The maximum absolute atomic E-state index is 12.3. The van der Waals surface area contributed by atoms with Gasteiger partial charge in [0.15, 0.2) is 0 Å². The molecule has 1 aromatic carbocycles. The van der Waals surface area contributed by atoms with E-state index in [1.54, 1.807) is 0 Å². The van der Waals surface area contributed by atoms with Gasteiger partial charge in [0.25, 0.3) is 11.7 Å². The number of aryl methyl sites for hydroxylation is 1. The number of anilines is 1. The highest BCUT2D eigenvalue weighted by Crippen LogP contribution is 2.38. The number of halogens is 2. The highest BCUT2D eigenvalue weighted by atomic mass is 32.2. The third-order valence-electron chi connectivity index (χ3n) is 3.60. The van der Waals surface area contributed by atoms with Gasteiger partial charge in [-0.2, -0.15) is 14.0 Å². The minimum Gasteiger partial charge on any atom is -0.312 e. The number of amides is 1. The largest absolute Gasteiger partial charge is 0.312 e. The smallest absolute Gasteiger partial charge is 0.288 e. The van der Waals surface area contributed by atoms with Crippen LogP contribution in [-0.4, -0.2) is 11.7 Å². The fraction of sp³-hybridized carbons (Fsp3) is 0.250. The van der Waals surface area contributed by atoms with E-state index in [2.05, 4.69) is 11.4 Å². The van der Waals surface area contributed by atoms with Gasteiger partial charge in [0.1, 0.15) is 11.1 Å². The average Bonchev–Trinajstić information content (AvgIpc) is 3.07. The predicted octanol–water partition coefficient (Wildman–Crippen LogP) is 4.68. The van der Waals surface area contributed by atoms with Gasteiger partial charge in [-0.15, -0.1) is 11.3 Å². The minimum atomic E-state index is -2.48. The van der Waals surface area contributed by atoms with Crippen LogP contribution >= 0.6 is 23.1 Å². The van der Waals surface area contributed by atoms with Crippen LogP contribution in [0.15, 0.2) is 29.2 Å². The quantitative estimate of drug-likeness (QED) is 0.815. The molecule has 1 aromatic heterocycles. The molecule has 0 saturated carbocycles. The zero-order valence-electron chi connectivity index (χ0n) is 11.9. The number of thiophene rings is 1. The first-order valence-corrected chi connectivity index (χ1v) is 8.69. The molecular formula is C16H12F2N2OS2. The zero-order chi connectivity index (χ0) is 16.4. The predicted molar refractivity (Wildman–Crippen MR) is 87.3 cm³/mol. The van der Waals surface area contributed by atoms with Crippen molar-refractivity contribution in [3.63, 3.8) is 0 Å². The second-order valence-electron chi connectivity index (χ2n) is 5.03. The van der Waals surface area contributed by atoms with Gasteiger partial charge in [-0.1, -0.05) is 11.8 Å². The van der Waals surface area contributed by atoms with E-state index in [1.165, 1.54) is 40.5 Å². The maximum Gasteiger partial charge on any atom is 0.288 e. The lowest BCUT2D eigenvalue weighted by molar-refractivity contribution is 0.102. The van der Waals surface area contributed by atoms with E-state index in [-0.39, 0.29) is 5.91 Å². The molecule has 7 heteroatoms. The third kappa shape index (κ3) is 3.38. The van der Waals surface area contributed by atoms with E-state index < -0.39 is 5.76 Å². The summed E-state index contributed by atoms with van der Waals surface area (Å²) < 4.78 is 24.6. The van der Waals surface area contributed by atoms with Crippen LogP contribution in [0.2, 0.25) is 0 Å². The second kappa shape index (κ2) is 6.69. The Morgan fingerprint density at radius 3 is 2.70 bits per heavy atom. The molecule has 2 aromatic rings. The number of carbonyl (C=O) groups excluding carboxylic acids is 1. The van der Waals surface area contributed by atoms with E-state index in [9.17, 15) is 18.8 Å². The number of carbonyl (C=O) groups is 1. The Morgan fingerprint density at radius 2 is 2.04 bits per heavy atom. The van der Waals surface area contributed by atoms with Gasteiger partial charge in [-0.25, -0.2) is 0 Å². The first kappa shape index (κ1) is 16.0. The van der Waals surface area contributed by atoms with Crippen molar-refractivity contribution in [1.82, 2.24) is 0 Å². The van der Waals surface area contributed by atoms with E-state index in [0.717, 1.165) is 24.8 Å². The zero-order valence-corrected chi connectivity index (χ0v) is 13.6. The summed E-state index contributed by atoms with van der Waals surface area (Å²) in [5.41, 5.74) is 1.98. The van der Waals surface area contributed by atoms with Gasteiger partial charge in [-0.3, -0.25) is 4.79 Å². The molecule has 0 spiro atoms. The summed E-state index contributed by atoms with van der Waals surface area (Å²) in [6.45, 7) is 0. The monoisotopic (exact) mass is 350 g/mol. The first-order valence-electron chi connectivity index (χ1n) is 6.99. The Hall–Kier alpha value is -1.91. The summed E-state index contributed by atoms with van der Waals surface area (Å²) >= 11 is 1.89. The van der Waals surface area contributed by atoms with Gasteiger partial charge < -0.3 is 5.32 Å². The number of hydrogen-bond acceptors (Lipinski definition) is 4. The Kier molecular flexibility index (Phi) is 4.64. The summed E-state index contributed by atoms with van der Waals surface area (Å²) in [4.78, 5) is 13.8. The number of benzene rings is 1. The molecule has 3 nitrogen and oxygen atoms in total. The maximum atomic E-state index is 12.3. The summed E-state index contributed by atoms with van der Waals surface area (Å²) in [7, 11) is 0. The second-order valence-corrected chi connectivity index (χ2v) is 7.20. The van der Waals surface area contributed by atoms with Crippen LogP contribution in [0.25, 0.3) is 0 Å². The number of rotatable bonds is 4. The summed E-state index contributed by atoms with van der Waals surface area (Å²) in [6.07, 6.45) is 2.88. The molecule has 3 rings (SSSR count). The van der Waals surface area contributed by atoms with Crippen LogP contribution < -0.4 is 5.32 Å². The Balaban J connectivity index is 1.76. The molecule has 0 unspecified atom stereocenters. The van der Waals surface area contributed by atoms with Crippen LogP contribution in [0.3, 0.4) is 0 Å². The van der Waals surface area contributed by atoms with E-state index >= 15 is 0 Å². The molecule has 1 aliphatic carbocycles. The van der Waals surface area contributed by atoms with Crippen molar-refractivity contribution in [3.8, 4) is 6.07 Å². The molecule has 0 radical (unpaired) electrons. The highest BCUT2D eigenvalue weighted by molar-refractivity contribution is 7.99.